The maximum atomic E-state index is 6.01. The molecule has 0 unspecified atom stereocenters. The first-order valence-electron chi connectivity index (χ1n) is 8.67. The number of piperidine rings is 1. The summed E-state index contributed by atoms with van der Waals surface area (Å²) in [5.41, 5.74) is 6.77. The quantitative estimate of drug-likeness (QED) is 0.370. The van der Waals surface area contributed by atoms with Crippen molar-refractivity contribution in [3.05, 3.63) is 18.2 Å². The lowest BCUT2D eigenvalue weighted by Crippen LogP contribution is -2.33. The standard InChI is InChI=1S/C18H30N4O2.HI/c1-4-22-11-8-14(9-12-22)7-10-20-18(19)21-16-13-15(23-2)5-6-17(16)24-3;/h5-6,13-14H,4,7-12H2,1-3H3,(H3,19,20,21);1H. The molecule has 25 heavy (non-hydrogen) atoms. The molecule has 0 radical (unpaired) electrons. The summed E-state index contributed by atoms with van der Waals surface area (Å²) in [6.07, 6.45) is 3.62. The molecule has 142 valence electrons. The van der Waals surface area contributed by atoms with Gasteiger partial charge in [0.2, 0.25) is 0 Å². The second-order valence-corrected chi connectivity index (χ2v) is 6.12. The molecule has 0 aliphatic carbocycles. The largest absolute Gasteiger partial charge is 0.497 e. The van der Waals surface area contributed by atoms with Crippen LogP contribution in [0.2, 0.25) is 0 Å². The lowest BCUT2D eigenvalue weighted by molar-refractivity contribution is 0.188. The third kappa shape index (κ3) is 6.89. The van der Waals surface area contributed by atoms with Crippen molar-refractivity contribution in [2.24, 2.45) is 16.6 Å². The summed E-state index contributed by atoms with van der Waals surface area (Å²) in [5, 5.41) is 3.10. The van der Waals surface area contributed by atoms with E-state index in [1.165, 1.54) is 25.9 Å². The SMILES string of the molecule is CCN1CCC(CCN=C(N)Nc2cc(OC)ccc2OC)CC1.I. The molecule has 0 bridgehead atoms. The molecule has 1 saturated heterocycles. The van der Waals surface area contributed by atoms with E-state index in [0.717, 1.165) is 36.9 Å². The number of rotatable bonds is 7. The Labute approximate surface area is 168 Å². The minimum atomic E-state index is 0. The summed E-state index contributed by atoms with van der Waals surface area (Å²) < 4.78 is 10.6. The molecule has 1 aromatic carbocycles. The Morgan fingerprint density at radius 1 is 1.28 bits per heavy atom. The van der Waals surface area contributed by atoms with E-state index in [1.54, 1.807) is 14.2 Å². The zero-order valence-corrected chi connectivity index (χ0v) is 17.8. The normalized spacial score (nSPS) is 16.2. The number of benzene rings is 1. The minimum Gasteiger partial charge on any atom is -0.497 e. The number of likely N-dealkylation sites (tertiary alicyclic amines) is 1. The highest BCUT2D eigenvalue weighted by atomic mass is 127. The maximum Gasteiger partial charge on any atom is 0.193 e. The van der Waals surface area contributed by atoms with Crippen LogP contribution in [-0.2, 0) is 0 Å². The first-order chi connectivity index (χ1) is 11.7. The number of ether oxygens (including phenoxy) is 2. The zero-order valence-electron chi connectivity index (χ0n) is 15.5. The second kappa shape index (κ2) is 11.4. The molecular weight excluding hydrogens is 431 g/mol. The van der Waals surface area contributed by atoms with Crippen LogP contribution in [0.1, 0.15) is 26.2 Å². The van der Waals surface area contributed by atoms with Gasteiger partial charge in [0.05, 0.1) is 19.9 Å². The fraction of sp³-hybridized carbons (Fsp3) is 0.611. The van der Waals surface area contributed by atoms with Crippen molar-refractivity contribution in [3.8, 4) is 11.5 Å². The van der Waals surface area contributed by atoms with E-state index in [9.17, 15) is 0 Å². The van der Waals surface area contributed by atoms with E-state index < -0.39 is 0 Å². The molecule has 1 aliphatic rings. The summed E-state index contributed by atoms with van der Waals surface area (Å²) in [7, 11) is 3.26. The van der Waals surface area contributed by atoms with E-state index in [4.69, 9.17) is 15.2 Å². The first kappa shape index (κ1) is 21.8. The van der Waals surface area contributed by atoms with Gasteiger partial charge < -0.3 is 25.4 Å². The van der Waals surface area contributed by atoms with Gasteiger partial charge in [0, 0.05) is 12.6 Å². The Morgan fingerprint density at radius 3 is 2.60 bits per heavy atom. The molecule has 1 aromatic rings. The van der Waals surface area contributed by atoms with Crippen molar-refractivity contribution >= 4 is 35.6 Å². The zero-order chi connectivity index (χ0) is 17.4. The van der Waals surface area contributed by atoms with Gasteiger partial charge in [0.1, 0.15) is 11.5 Å². The first-order valence-corrected chi connectivity index (χ1v) is 8.67. The van der Waals surface area contributed by atoms with E-state index in [0.29, 0.717) is 11.7 Å². The van der Waals surface area contributed by atoms with E-state index >= 15 is 0 Å². The van der Waals surface area contributed by atoms with Crippen molar-refractivity contribution in [2.45, 2.75) is 26.2 Å². The lowest BCUT2D eigenvalue weighted by Gasteiger charge is -2.30. The molecule has 2 rings (SSSR count). The average molecular weight is 462 g/mol. The van der Waals surface area contributed by atoms with Crippen LogP contribution in [0.15, 0.2) is 23.2 Å². The number of nitrogens with two attached hydrogens (primary N) is 1. The molecule has 0 spiro atoms. The number of nitrogens with one attached hydrogen (secondary N) is 1. The Morgan fingerprint density at radius 2 is 2.00 bits per heavy atom. The number of hydrogen-bond acceptors (Lipinski definition) is 4. The average Bonchev–Trinajstić information content (AvgIpc) is 2.62. The molecule has 0 saturated carbocycles. The third-order valence-electron chi connectivity index (χ3n) is 4.64. The fourth-order valence-electron chi connectivity index (χ4n) is 3.05. The molecule has 0 aromatic heterocycles. The van der Waals surface area contributed by atoms with Crippen LogP contribution in [0.4, 0.5) is 5.69 Å². The van der Waals surface area contributed by atoms with Gasteiger partial charge in [-0.25, -0.2) is 0 Å². The van der Waals surface area contributed by atoms with E-state index in [2.05, 4.69) is 22.1 Å². The summed E-state index contributed by atoms with van der Waals surface area (Å²) >= 11 is 0. The van der Waals surface area contributed by atoms with Gasteiger partial charge in [-0.05, 0) is 56.9 Å². The van der Waals surface area contributed by atoms with Crippen LogP contribution in [0.3, 0.4) is 0 Å². The van der Waals surface area contributed by atoms with Crippen molar-refractivity contribution in [1.82, 2.24) is 4.90 Å². The topological polar surface area (TPSA) is 72.1 Å². The van der Waals surface area contributed by atoms with E-state index in [1.807, 2.05) is 18.2 Å². The summed E-state index contributed by atoms with van der Waals surface area (Å²) in [5.74, 6) is 2.62. The van der Waals surface area contributed by atoms with Crippen molar-refractivity contribution in [1.29, 1.82) is 0 Å². The monoisotopic (exact) mass is 462 g/mol. The molecule has 6 nitrogen and oxygen atoms in total. The predicted octanol–water partition coefficient (Wildman–Crippen LogP) is 3.17. The number of hydrogen-bond donors (Lipinski definition) is 2. The lowest BCUT2D eigenvalue weighted by atomic mass is 9.94. The third-order valence-corrected chi connectivity index (χ3v) is 4.64. The van der Waals surface area contributed by atoms with Gasteiger partial charge >= 0.3 is 0 Å². The number of guanidine groups is 1. The highest BCUT2D eigenvalue weighted by Crippen LogP contribution is 2.28. The summed E-state index contributed by atoms with van der Waals surface area (Å²) in [6.45, 7) is 6.55. The Hall–Kier alpha value is -1.22. The molecule has 3 N–H and O–H groups in total. The molecular formula is C18H31IN4O2. The Bertz CT molecular complexity index is 546. The molecule has 1 aliphatic heterocycles. The van der Waals surface area contributed by atoms with Gasteiger partial charge in [0.15, 0.2) is 5.96 Å². The predicted molar refractivity (Wildman–Crippen MR) is 115 cm³/mol. The van der Waals surface area contributed by atoms with Gasteiger partial charge in [-0.2, -0.15) is 0 Å². The molecule has 0 amide bonds. The Balaban J connectivity index is 0.00000312. The van der Waals surface area contributed by atoms with Crippen molar-refractivity contribution in [3.63, 3.8) is 0 Å². The van der Waals surface area contributed by atoms with Crippen molar-refractivity contribution in [2.75, 3.05) is 45.7 Å². The van der Waals surface area contributed by atoms with Crippen molar-refractivity contribution < 1.29 is 9.47 Å². The van der Waals surface area contributed by atoms with Gasteiger partial charge in [-0.15, -0.1) is 24.0 Å². The number of nitrogens with zero attached hydrogens (tertiary/aromatic N) is 2. The number of methoxy groups -OCH3 is 2. The van der Waals surface area contributed by atoms with Gasteiger partial charge in [-0.3, -0.25) is 4.99 Å². The minimum absolute atomic E-state index is 0. The molecule has 0 atom stereocenters. The number of aliphatic imine (C=N–C) groups is 1. The van der Waals surface area contributed by atoms with E-state index in [-0.39, 0.29) is 24.0 Å². The van der Waals surface area contributed by atoms with Gasteiger partial charge in [-0.1, -0.05) is 6.92 Å². The van der Waals surface area contributed by atoms with Crippen LogP contribution in [0.5, 0.6) is 11.5 Å². The number of halogens is 1. The molecule has 7 heteroatoms. The second-order valence-electron chi connectivity index (χ2n) is 6.12. The van der Waals surface area contributed by atoms with Gasteiger partial charge in [0.25, 0.3) is 0 Å². The summed E-state index contributed by atoms with van der Waals surface area (Å²) in [6, 6.07) is 5.54. The fourth-order valence-corrected chi connectivity index (χ4v) is 3.05. The molecule has 1 heterocycles. The maximum absolute atomic E-state index is 6.01. The Kier molecular flexibility index (Phi) is 9.96. The summed E-state index contributed by atoms with van der Waals surface area (Å²) in [4.78, 5) is 6.96. The van der Waals surface area contributed by atoms with Crippen LogP contribution in [-0.4, -0.2) is 51.3 Å². The molecule has 1 fully saturated rings. The van der Waals surface area contributed by atoms with Crippen LogP contribution < -0.4 is 20.5 Å². The van der Waals surface area contributed by atoms with Crippen LogP contribution >= 0.6 is 24.0 Å². The highest BCUT2D eigenvalue weighted by Gasteiger charge is 2.17. The van der Waals surface area contributed by atoms with Crippen LogP contribution in [0, 0.1) is 5.92 Å². The van der Waals surface area contributed by atoms with Crippen LogP contribution in [0.25, 0.3) is 0 Å². The number of anilines is 1. The highest BCUT2D eigenvalue weighted by molar-refractivity contribution is 14.0. The smallest absolute Gasteiger partial charge is 0.193 e.